The van der Waals surface area contributed by atoms with Gasteiger partial charge in [0.05, 0.1) is 12.4 Å². The van der Waals surface area contributed by atoms with Crippen molar-refractivity contribution in [2.75, 3.05) is 0 Å². The number of nitrogens with one attached hydrogen (secondary N) is 4. The van der Waals surface area contributed by atoms with Gasteiger partial charge in [-0.05, 0) is 33.7 Å². The average Bonchev–Trinajstić information content (AvgIpc) is 2.62. The number of benzene rings is 3. The van der Waals surface area contributed by atoms with Gasteiger partial charge in [-0.3, -0.25) is 10.8 Å². The Morgan fingerprint density at radius 2 is 1.30 bits per heavy atom. The van der Waals surface area contributed by atoms with Crippen LogP contribution < -0.4 is 22.3 Å². The summed E-state index contributed by atoms with van der Waals surface area (Å²) >= 11 is 6.22. The molecule has 9 heteroatoms. The monoisotopic (exact) mass is 380 g/mol. The molecular weight excluding hydrogens is 364 g/mol. The fourth-order valence-electron chi connectivity index (χ4n) is 2.83. The molecule has 0 amide bonds. The maximum absolute atomic E-state index is 7.24. The summed E-state index contributed by atoms with van der Waals surface area (Å²) in [5.41, 5.74) is 17.1. The first kappa shape index (κ1) is 18.2. The molecule has 3 aromatic carbocycles. The lowest BCUT2D eigenvalue weighted by atomic mass is 9.92. The molecule has 0 aromatic heterocycles. The SMILES string of the molecule is N=C(N)NN=Cc1c2ccccc2c(C=NNC(=N)N)c2cc(Cl)ccc12. The van der Waals surface area contributed by atoms with Gasteiger partial charge in [0, 0.05) is 16.1 Å². The molecule has 0 heterocycles. The van der Waals surface area contributed by atoms with E-state index in [1.54, 1.807) is 18.5 Å². The lowest BCUT2D eigenvalue weighted by molar-refractivity contribution is 1.00. The predicted molar refractivity (Wildman–Crippen MR) is 112 cm³/mol. The normalized spacial score (nSPS) is 11.4. The Labute approximate surface area is 159 Å². The molecule has 136 valence electrons. The molecule has 0 aliphatic heterocycles. The number of hydrogen-bond acceptors (Lipinski definition) is 4. The zero-order valence-corrected chi connectivity index (χ0v) is 14.9. The number of halogens is 1. The lowest BCUT2D eigenvalue weighted by Crippen LogP contribution is -2.25. The van der Waals surface area contributed by atoms with E-state index in [0.717, 1.165) is 32.7 Å². The summed E-state index contributed by atoms with van der Waals surface area (Å²) in [6.07, 6.45) is 3.23. The number of hydrogen-bond donors (Lipinski definition) is 6. The van der Waals surface area contributed by atoms with E-state index in [4.69, 9.17) is 33.9 Å². The maximum atomic E-state index is 7.24. The molecule has 8 nitrogen and oxygen atoms in total. The molecule has 8 N–H and O–H groups in total. The molecule has 0 aliphatic carbocycles. The van der Waals surface area contributed by atoms with E-state index in [0.29, 0.717) is 5.02 Å². The summed E-state index contributed by atoms with van der Waals surface area (Å²) < 4.78 is 0. The second kappa shape index (κ2) is 7.71. The van der Waals surface area contributed by atoms with Gasteiger partial charge in [0.2, 0.25) is 11.9 Å². The molecule has 3 aromatic rings. The Kier molecular flexibility index (Phi) is 5.18. The molecule has 27 heavy (non-hydrogen) atoms. The highest BCUT2D eigenvalue weighted by Crippen LogP contribution is 2.32. The predicted octanol–water partition coefficient (Wildman–Crippen LogP) is 2.28. The van der Waals surface area contributed by atoms with Gasteiger partial charge >= 0.3 is 0 Å². The van der Waals surface area contributed by atoms with Gasteiger partial charge in [-0.15, -0.1) is 0 Å². The van der Waals surface area contributed by atoms with Crippen molar-refractivity contribution in [1.82, 2.24) is 10.9 Å². The zero-order valence-electron chi connectivity index (χ0n) is 14.1. The van der Waals surface area contributed by atoms with Gasteiger partial charge in [-0.25, -0.2) is 10.9 Å². The third-order valence-electron chi connectivity index (χ3n) is 3.83. The van der Waals surface area contributed by atoms with Crippen LogP contribution in [0.2, 0.25) is 5.02 Å². The Balaban J connectivity index is 2.32. The van der Waals surface area contributed by atoms with Gasteiger partial charge in [-0.2, -0.15) is 10.2 Å². The van der Waals surface area contributed by atoms with Crippen molar-refractivity contribution in [2.45, 2.75) is 0 Å². The first-order valence-electron chi connectivity index (χ1n) is 7.87. The Morgan fingerprint density at radius 1 is 0.815 bits per heavy atom. The second-order valence-electron chi connectivity index (χ2n) is 5.63. The third kappa shape index (κ3) is 3.96. The molecular formula is C18H17ClN8. The molecule has 3 rings (SSSR count). The van der Waals surface area contributed by atoms with Crippen LogP contribution in [-0.4, -0.2) is 24.3 Å². The number of hydrazone groups is 2. The van der Waals surface area contributed by atoms with Crippen LogP contribution in [0.5, 0.6) is 0 Å². The van der Waals surface area contributed by atoms with E-state index < -0.39 is 0 Å². The summed E-state index contributed by atoms with van der Waals surface area (Å²) in [5, 5.41) is 26.7. The topological polar surface area (TPSA) is 149 Å². The van der Waals surface area contributed by atoms with E-state index >= 15 is 0 Å². The quantitative estimate of drug-likeness (QED) is 0.178. The lowest BCUT2D eigenvalue weighted by Gasteiger charge is -2.12. The van der Waals surface area contributed by atoms with Gasteiger partial charge < -0.3 is 11.5 Å². The molecule has 0 saturated heterocycles. The first-order chi connectivity index (χ1) is 13.0. The Hall–Kier alpha value is -3.65. The summed E-state index contributed by atoms with van der Waals surface area (Å²) in [6, 6.07) is 13.3. The van der Waals surface area contributed by atoms with E-state index in [-0.39, 0.29) is 11.9 Å². The van der Waals surface area contributed by atoms with Crippen molar-refractivity contribution in [3.05, 3.63) is 58.6 Å². The number of guanidine groups is 2. The Bertz CT molecular complexity index is 1100. The number of rotatable bonds is 4. The van der Waals surface area contributed by atoms with Crippen molar-refractivity contribution < 1.29 is 0 Å². The minimum Gasteiger partial charge on any atom is -0.369 e. The minimum atomic E-state index is -0.253. The summed E-state index contributed by atoms with van der Waals surface area (Å²) in [4.78, 5) is 0. The molecule has 0 atom stereocenters. The van der Waals surface area contributed by atoms with Crippen LogP contribution in [0, 0.1) is 10.8 Å². The fourth-order valence-corrected chi connectivity index (χ4v) is 3.00. The first-order valence-corrected chi connectivity index (χ1v) is 8.25. The molecule has 0 spiro atoms. The summed E-state index contributed by atoms with van der Waals surface area (Å²) in [5.74, 6) is -0.501. The van der Waals surface area contributed by atoms with E-state index in [9.17, 15) is 0 Å². The Morgan fingerprint density at radius 3 is 1.81 bits per heavy atom. The summed E-state index contributed by atoms with van der Waals surface area (Å²) in [7, 11) is 0. The van der Waals surface area contributed by atoms with Crippen LogP contribution in [0.3, 0.4) is 0 Å². The van der Waals surface area contributed by atoms with Crippen molar-refractivity contribution in [3.8, 4) is 0 Å². The number of fused-ring (bicyclic) bond motifs is 2. The zero-order chi connectivity index (χ0) is 19.4. The van der Waals surface area contributed by atoms with E-state index in [1.165, 1.54) is 0 Å². The van der Waals surface area contributed by atoms with Crippen LogP contribution in [0.15, 0.2) is 52.7 Å². The summed E-state index contributed by atoms with van der Waals surface area (Å²) in [6.45, 7) is 0. The van der Waals surface area contributed by atoms with Gasteiger partial charge in [0.15, 0.2) is 0 Å². The van der Waals surface area contributed by atoms with Crippen LogP contribution in [-0.2, 0) is 0 Å². The molecule has 0 aliphatic rings. The fraction of sp³-hybridized carbons (Fsp3) is 0. The van der Waals surface area contributed by atoms with Gasteiger partial charge in [0.25, 0.3) is 0 Å². The van der Waals surface area contributed by atoms with Crippen molar-refractivity contribution in [3.63, 3.8) is 0 Å². The minimum absolute atomic E-state index is 0.248. The molecule has 0 unspecified atom stereocenters. The van der Waals surface area contributed by atoms with Crippen molar-refractivity contribution >= 4 is 57.5 Å². The maximum Gasteiger partial charge on any atom is 0.206 e. The van der Waals surface area contributed by atoms with Crippen molar-refractivity contribution in [1.29, 1.82) is 10.8 Å². The van der Waals surface area contributed by atoms with Gasteiger partial charge in [-0.1, -0.05) is 41.9 Å². The third-order valence-corrected chi connectivity index (χ3v) is 4.06. The molecule has 0 saturated carbocycles. The van der Waals surface area contributed by atoms with Crippen LogP contribution in [0.1, 0.15) is 11.1 Å². The molecule has 0 radical (unpaired) electrons. The smallest absolute Gasteiger partial charge is 0.206 e. The largest absolute Gasteiger partial charge is 0.369 e. The average molecular weight is 381 g/mol. The standard InChI is InChI=1S/C18H17ClN8/c19-10-5-6-13-14(7-10)16(9-25-27-18(22)23)12-4-2-1-3-11(12)15(13)8-24-26-17(20)21/h1-9H,(H4,20,21,26)(H4,22,23,27). The highest BCUT2D eigenvalue weighted by atomic mass is 35.5. The highest BCUT2D eigenvalue weighted by Gasteiger charge is 2.12. The van der Waals surface area contributed by atoms with Gasteiger partial charge in [0.1, 0.15) is 0 Å². The molecule has 0 bridgehead atoms. The van der Waals surface area contributed by atoms with E-state index in [2.05, 4.69) is 21.1 Å². The van der Waals surface area contributed by atoms with Crippen LogP contribution in [0.25, 0.3) is 21.5 Å². The van der Waals surface area contributed by atoms with Crippen LogP contribution >= 0.6 is 11.6 Å². The molecule has 0 fully saturated rings. The second-order valence-corrected chi connectivity index (χ2v) is 6.07. The number of nitrogens with two attached hydrogens (primary N) is 2. The van der Waals surface area contributed by atoms with Crippen molar-refractivity contribution in [2.24, 2.45) is 21.7 Å². The number of nitrogens with zero attached hydrogens (tertiary/aromatic N) is 2. The van der Waals surface area contributed by atoms with Crippen LogP contribution in [0.4, 0.5) is 0 Å². The highest BCUT2D eigenvalue weighted by molar-refractivity contribution is 6.32. The van der Waals surface area contributed by atoms with E-state index in [1.807, 2.05) is 36.4 Å².